The summed E-state index contributed by atoms with van der Waals surface area (Å²) in [6, 6.07) is 5.38. The Morgan fingerprint density at radius 2 is 1.32 bits per heavy atom. The van der Waals surface area contributed by atoms with Crippen LogP contribution >= 0.6 is 0 Å². The maximum atomic E-state index is 5.40. The first-order valence-corrected chi connectivity index (χ1v) is 13.8. The lowest BCUT2D eigenvalue weighted by atomic mass is 10.2. The topological polar surface area (TPSA) is 21.7 Å². The zero-order valence-corrected chi connectivity index (χ0v) is 18.3. The van der Waals surface area contributed by atoms with E-state index in [1.54, 1.807) is 14.2 Å². The highest BCUT2D eigenvalue weighted by atomic mass is 28.3. The van der Waals surface area contributed by atoms with Crippen LogP contribution in [0.4, 0.5) is 0 Å². The van der Waals surface area contributed by atoms with E-state index in [1.807, 2.05) is 0 Å². The van der Waals surface area contributed by atoms with Crippen LogP contribution in [0.25, 0.3) is 0 Å². The summed E-state index contributed by atoms with van der Waals surface area (Å²) in [5.74, 6) is 0. The van der Waals surface area contributed by atoms with Crippen LogP contribution < -0.4 is 0 Å². The van der Waals surface area contributed by atoms with Crippen LogP contribution in [0.5, 0.6) is 0 Å². The number of unbranched alkanes of at least 4 members (excludes halogenated alkanes) is 3. The van der Waals surface area contributed by atoms with Crippen molar-refractivity contribution in [1.29, 1.82) is 0 Å². The monoisotopic (exact) mass is 347 g/mol. The molecule has 0 atom stereocenters. The molecule has 0 bridgehead atoms. The minimum absolute atomic E-state index is 1.15. The van der Waals surface area contributed by atoms with E-state index in [2.05, 4.69) is 32.3 Å². The van der Waals surface area contributed by atoms with E-state index < -0.39 is 17.5 Å². The fraction of sp³-hybridized carbons (Fsp3) is 1.00. The summed E-state index contributed by atoms with van der Waals surface area (Å²) < 4.78 is 13.7. The van der Waals surface area contributed by atoms with Crippen LogP contribution in [0.1, 0.15) is 59.8 Å². The summed E-state index contributed by atoms with van der Waals surface area (Å²) in [6.45, 7) is 12.2. The standard InChI is InChI=1S/C17H41NO2Si2/c1-7-11-15-18(22(8-2,9-3)10-4)16-13-12-14-17-21(19-5)20-6/h21H,7-17H2,1-6H3. The van der Waals surface area contributed by atoms with E-state index in [0.29, 0.717) is 0 Å². The Morgan fingerprint density at radius 1 is 0.773 bits per heavy atom. The molecule has 0 saturated heterocycles. The van der Waals surface area contributed by atoms with Crippen LogP contribution in [-0.4, -0.2) is 49.4 Å². The highest BCUT2D eigenvalue weighted by Gasteiger charge is 2.33. The third kappa shape index (κ3) is 7.73. The van der Waals surface area contributed by atoms with Gasteiger partial charge in [-0.1, -0.05) is 47.0 Å². The maximum absolute atomic E-state index is 5.40. The van der Waals surface area contributed by atoms with Crippen molar-refractivity contribution >= 4 is 17.5 Å². The van der Waals surface area contributed by atoms with Crippen LogP contribution in [0.15, 0.2) is 0 Å². The number of nitrogens with zero attached hydrogens (tertiary/aromatic N) is 1. The highest BCUT2D eigenvalue weighted by molar-refractivity contribution is 6.77. The quantitative estimate of drug-likeness (QED) is 0.314. The number of rotatable bonds is 15. The minimum atomic E-state index is -1.33. The maximum Gasteiger partial charge on any atom is 0.320 e. The molecule has 0 fully saturated rings. The summed E-state index contributed by atoms with van der Waals surface area (Å²) in [5.41, 5.74) is 0. The lowest BCUT2D eigenvalue weighted by molar-refractivity contribution is 0.275. The molecule has 0 amide bonds. The van der Waals surface area contributed by atoms with Crippen molar-refractivity contribution in [2.24, 2.45) is 0 Å². The molecule has 0 rings (SSSR count). The Morgan fingerprint density at radius 3 is 1.77 bits per heavy atom. The molecule has 0 aromatic carbocycles. The van der Waals surface area contributed by atoms with Gasteiger partial charge in [0, 0.05) is 14.2 Å². The molecule has 0 unspecified atom stereocenters. The van der Waals surface area contributed by atoms with Gasteiger partial charge in [0.15, 0.2) is 0 Å². The summed E-state index contributed by atoms with van der Waals surface area (Å²) >= 11 is 0. The Bertz CT molecular complexity index is 239. The van der Waals surface area contributed by atoms with Crippen molar-refractivity contribution in [3.63, 3.8) is 0 Å². The molecule has 0 heterocycles. The van der Waals surface area contributed by atoms with Gasteiger partial charge in [-0.05, 0) is 50.1 Å². The molecule has 3 nitrogen and oxygen atoms in total. The molecule has 0 spiro atoms. The van der Waals surface area contributed by atoms with Gasteiger partial charge in [0.05, 0.1) is 0 Å². The molecule has 0 radical (unpaired) electrons. The molecule has 0 saturated carbocycles. The SMILES string of the molecule is CCCCN(CCCCC[SiH](OC)OC)[Si](CC)(CC)CC. The lowest BCUT2D eigenvalue weighted by Crippen LogP contribution is -2.52. The summed E-state index contributed by atoms with van der Waals surface area (Å²) in [4.78, 5) is 0. The molecule has 0 aliphatic rings. The predicted octanol–water partition coefficient (Wildman–Crippen LogP) is 4.78. The third-order valence-electron chi connectivity index (χ3n) is 5.32. The Hall–Kier alpha value is 0.314. The number of hydrogen-bond donors (Lipinski definition) is 0. The Kier molecular flexibility index (Phi) is 13.9. The summed E-state index contributed by atoms with van der Waals surface area (Å²) in [6.07, 6.45) is 6.59. The fourth-order valence-corrected chi connectivity index (χ4v) is 8.87. The smallest absolute Gasteiger partial charge is 0.320 e. The predicted molar refractivity (Wildman–Crippen MR) is 104 cm³/mol. The van der Waals surface area contributed by atoms with E-state index in [1.165, 1.54) is 63.3 Å². The van der Waals surface area contributed by atoms with E-state index in [0.717, 1.165) is 6.04 Å². The second kappa shape index (κ2) is 13.7. The Balaban J connectivity index is 4.30. The van der Waals surface area contributed by atoms with Gasteiger partial charge >= 0.3 is 9.28 Å². The first-order chi connectivity index (χ1) is 10.6. The minimum Gasteiger partial charge on any atom is -0.400 e. The van der Waals surface area contributed by atoms with E-state index >= 15 is 0 Å². The van der Waals surface area contributed by atoms with Gasteiger partial charge in [0.2, 0.25) is 0 Å². The molecule has 0 aromatic heterocycles. The van der Waals surface area contributed by atoms with Crippen molar-refractivity contribution in [2.75, 3.05) is 27.3 Å². The van der Waals surface area contributed by atoms with Crippen LogP contribution in [-0.2, 0) is 8.85 Å². The van der Waals surface area contributed by atoms with Crippen molar-refractivity contribution in [3.05, 3.63) is 0 Å². The first kappa shape index (κ1) is 22.3. The normalized spacial score (nSPS) is 12.5. The molecule has 134 valence electrons. The van der Waals surface area contributed by atoms with Gasteiger partial charge in [-0.15, -0.1) is 0 Å². The average Bonchev–Trinajstić information content (AvgIpc) is 2.56. The largest absolute Gasteiger partial charge is 0.400 e. The second-order valence-electron chi connectivity index (χ2n) is 6.38. The van der Waals surface area contributed by atoms with Crippen LogP contribution in [0, 0.1) is 0 Å². The van der Waals surface area contributed by atoms with Crippen molar-refractivity contribution in [3.8, 4) is 0 Å². The zero-order chi connectivity index (χ0) is 16.8. The van der Waals surface area contributed by atoms with Gasteiger partial charge in [-0.3, -0.25) is 0 Å². The van der Waals surface area contributed by atoms with E-state index in [4.69, 9.17) is 8.85 Å². The molecule has 0 aliphatic heterocycles. The lowest BCUT2D eigenvalue weighted by Gasteiger charge is -2.41. The summed E-state index contributed by atoms with van der Waals surface area (Å²) in [5, 5.41) is 0. The highest BCUT2D eigenvalue weighted by Crippen LogP contribution is 2.26. The van der Waals surface area contributed by atoms with Gasteiger partial charge in [-0.2, -0.15) is 0 Å². The van der Waals surface area contributed by atoms with Crippen LogP contribution in [0.3, 0.4) is 0 Å². The molecule has 0 aliphatic carbocycles. The summed E-state index contributed by atoms with van der Waals surface area (Å²) in [7, 11) is 1.05. The van der Waals surface area contributed by atoms with Gasteiger partial charge in [0.1, 0.15) is 8.24 Å². The zero-order valence-electron chi connectivity index (χ0n) is 16.1. The van der Waals surface area contributed by atoms with Crippen molar-refractivity contribution in [1.82, 2.24) is 4.57 Å². The molecule has 22 heavy (non-hydrogen) atoms. The van der Waals surface area contributed by atoms with Gasteiger partial charge in [0.25, 0.3) is 0 Å². The Labute approximate surface area is 142 Å². The molecule has 5 heteroatoms. The third-order valence-corrected chi connectivity index (χ3v) is 13.0. The number of hydrogen-bond acceptors (Lipinski definition) is 3. The van der Waals surface area contributed by atoms with E-state index in [-0.39, 0.29) is 0 Å². The van der Waals surface area contributed by atoms with Crippen molar-refractivity contribution in [2.45, 2.75) is 84.0 Å². The first-order valence-electron chi connectivity index (χ1n) is 9.44. The van der Waals surface area contributed by atoms with Crippen molar-refractivity contribution < 1.29 is 8.85 Å². The van der Waals surface area contributed by atoms with E-state index in [9.17, 15) is 0 Å². The van der Waals surface area contributed by atoms with Crippen LogP contribution in [0.2, 0.25) is 24.2 Å². The van der Waals surface area contributed by atoms with Gasteiger partial charge < -0.3 is 13.4 Å². The molecular weight excluding hydrogens is 306 g/mol. The average molecular weight is 348 g/mol. The molecular formula is C17H41NO2Si2. The second-order valence-corrected chi connectivity index (χ2v) is 14.0. The molecule has 0 N–H and O–H groups in total. The van der Waals surface area contributed by atoms with Gasteiger partial charge in [-0.25, -0.2) is 0 Å². The molecule has 0 aromatic rings. The fourth-order valence-electron chi connectivity index (χ4n) is 3.48.